The fourth-order valence-corrected chi connectivity index (χ4v) is 4.33. The van der Waals surface area contributed by atoms with E-state index in [2.05, 4.69) is 10.4 Å². The molecular weight excluding hydrogens is 354 g/mol. The molecule has 0 spiro atoms. The zero-order valence-electron chi connectivity index (χ0n) is 15.3. The quantitative estimate of drug-likeness (QED) is 0.884. The largest absolute Gasteiger partial charge is 0.481 e. The number of amides is 1. The molecule has 0 fully saturated rings. The Labute approximate surface area is 153 Å². The van der Waals surface area contributed by atoms with Crippen molar-refractivity contribution in [2.45, 2.75) is 50.8 Å². The second-order valence-corrected chi connectivity index (χ2v) is 9.52. The van der Waals surface area contributed by atoms with Gasteiger partial charge >= 0.3 is 0 Å². The van der Waals surface area contributed by atoms with Crippen molar-refractivity contribution in [3.63, 3.8) is 0 Å². The van der Waals surface area contributed by atoms with Crippen LogP contribution in [-0.2, 0) is 31.7 Å². The number of hydrogen-bond acceptors (Lipinski definition) is 5. The molecule has 0 unspecified atom stereocenters. The van der Waals surface area contributed by atoms with Gasteiger partial charge in [-0.2, -0.15) is 5.10 Å². The fourth-order valence-electron chi connectivity index (χ4n) is 2.83. The summed E-state index contributed by atoms with van der Waals surface area (Å²) in [6.45, 7) is 7.49. The maximum atomic E-state index is 12.6. The van der Waals surface area contributed by atoms with Crippen LogP contribution in [0.5, 0.6) is 5.75 Å². The molecule has 3 rings (SSSR count). The SMILES string of the molecule is C[C@H](Oc1ccccc1)C(=O)Nc1c2c(nn1C(C)(C)C)CS(=O)(=O)C2. The Balaban J connectivity index is 1.86. The zero-order valence-corrected chi connectivity index (χ0v) is 16.1. The number of benzene rings is 1. The molecule has 0 aliphatic carbocycles. The van der Waals surface area contributed by atoms with E-state index in [0.717, 1.165) is 0 Å². The monoisotopic (exact) mass is 377 g/mol. The Morgan fingerprint density at radius 2 is 1.88 bits per heavy atom. The minimum absolute atomic E-state index is 0.0929. The van der Waals surface area contributed by atoms with Gasteiger partial charge in [0.05, 0.1) is 22.7 Å². The molecule has 1 aromatic carbocycles. The number of carbonyl (C=O) groups excluding carboxylic acids is 1. The molecule has 1 aliphatic heterocycles. The number of ether oxygens (including phenoxy) is 1. The Morgan fingerprint density at radius 3 is 2.50 bits per heavy atom. The third-order valence-corrected chi connectivity index (χ3v) is 5.53. The summed E-state index contributed by atoms with van der Waals surface area (Å²) in [6.07, 6.45) is -0.741. The first-order valence-corrected chi connectivity index (χ1v) is 10.2. The third-order valence-electron chi connectivity index (χ3n) is 4.09. The molecule has 1 amide bonds. The first-order chi connectivity index (χ1) is 12.1. The average Bonchev–Trinajstić information content (AvgIpc) is 3.01. The molecule has 1 aromatic heterocycles. The lowest BCUT2D eigenvalue weighted by molar-refractivity contribution is -0.122. The van der Waals surface area contributed by atoms with E-state index in [0.29, 0.717) is 22.8 Å². The predicted octanol–water partition coefficient (Wildman–Crippen LogP) is 2.47. The van der Waals surface area contributed by atoms with Gasteiger partial charge in [-0.3, -0.25) is 4.79 Å². The highest BCUT2D eigenvalue weighted by Crippen LogP contribution is 2.34. The summed E-state index contributed by atoms with van der Waals surface area (Å²) in [5.74, 6) is 0.465. The van der Waals surface area contributed by atoms with Gasteiger partial charge in [0.15, 0.2) is 15.9 Å². The van der Waals surface area contributed by atoms with E-state index in [1.54, 1.807) is 23.7 Å². The number of hydrogen-bond donors (Lipinski definition) is 1. The highest BCUT2D eigenvalue weighted by molar-refractivity contribution is 7.90. The molecule has 8 heteroatoms. The van der Waals surface area contributed by atoms with Gasteiger partial charge in [-0.15, -0.1) is 0 Å². The molecule has 2 heterocycles. The Kier molecular flexibility index (Phi) is 4.56. The molecule has 1 atom stereocenters. The summed E-state index contributed by atoms with van der Waals surface area (Å²) >= 11 is 0. The number of nitrogens with one attached hydrogen (secondary N) is 1. The number of anilines is 1. The number of carbonyl (C=O) groups is 1. The number of aromatic nitrogens is 2. The molecule has 1 aliphatic rings. The Morgan fingerprint density at radius 1 is 1.23 bits per heavy atom. The van der Waals surface area contributed by atoms with Crippen LogP contribution in [0.3, 0.4) is 0 Å². The van der Waals surface area contributed by atoms with Gasteiger partial charge in [0.25, 0.3) is 5.91 Å². The van der Waals surface area contributed by atoms with E-state index in [1.165, 1.54) is 0 Å². The van der Waals surface area contributed by atoms with Crippen LogP contribution in [0.25, 0.3) is 0 Å². The number of sulfone groups is 1. The van der Waals surface area contributed by atoms with Crippen LogP contribution in [0, 0.1) is 0 Å². The number of fused-ring (bicyclic) bond motifs is 1. The predicted molar refractivity (Wildman–Crippen MR) is 98.7 cm³/mol. The van der Waals surface area contributed by atoms with E-state index < -0.39 is 21.5 Å². The van der Waals surface area contributed by atoms with Crippen molar-refractivity contribution in [2.75, 3.05) is 5.32 Å². The zero-order chi connectivity index (χ0) is 19.1. The molecule has 2 aromatic rings. The van der Waals surface area contributed by atoms with E-state index in [1.807, 2.05) is 39.0 Å². The molecule has 0 saturated heterocycles. The smallest absolute Gasteiger partial charge is 0.266 e. The highest BCUT2D eigenvalue weighted by atomic mass is 32.2. The standard InChI is InChI=1S/C18H23N3O4S/c1-12(25-13-8-6-5-7-9-13)17(22)19-16-14-10-26(23,24)11-15(14)20-21(16)18(2,3)4/h5-9,12H,10-11H2,1-4H3,(H,19,22)/t12-/m0/s1. The van der Waals surface area contributed by atoms with Gasteiger partial charge in [-0.25, -0.2) is 13.1 Å². The van der Waals surface area contributed by atoms with Crippen LogP contribution in [-0.4, -0.2) is 30.2 Å². The van der Waals surface area contributed by atoms with Crippen molar-refractivity contribution >= 4 is 21.6 Å². The van der Waals surface area contributed by atoms with Gasteiger partial charge in [0.2, 0.25) is 0 Å². The van der Waals surface area contributed by atoms with Crippen LogP contribution in [0.15, 0.2) is 30.3 Å². The van der Waals surface area contributed by atoms with E-state index in [4.69, 9.17) is 4.74 Å². The average molecular weight is 377 g/mol. The van der Waals surface area contributed by atoms with Gasteiger partial charge in [0, 0.05) is 5.56 Å². The minimum atomic E-state index is -3.21. The van der Waals surface area contributed by atoms with Crippen molar-refractivity contribution in [1.29, 1.82) is 0 Å². The summed E-state index contributed by atoms with van der Waals surface area (Å²) in [4.78, 5) is 12.6. The van der Waals surface area contributed by atoms with Crippen LogP contribution in [0.2, 0.25) is 0 Å². The van der Waals surface area contributed by atoms with Gasteiger partial charge in [-0.05, 0) is 39.8 Å². The van der Waals surface area contributed by atoms with E-state index in [-0.39, 0.29) is 17.4 Å². The lowest BCUT2D eigenvalue weighted by Gasteiger charge is -2.24. The summed E-state index contributed by atoms with van der Waals surface area (Å²) in [7, 11) is -3.21. The van der Waals surface area contributed by atoms with Crippen LogP contribution < -0.4 is 10.1 Å². The maximum absolute atomic E-state index is 12.6. The van der Waals surface area contributed by atoms with E-state index in [9.17, 15) is 13.2 Å². The summed E-state index contributed by atoms with van der Waals surface area (Å²) in [6, 6.07) is 9.06. The maximum Gasteiger partial charge on any atom is 0.266 e. The molecule has 0 bridgehead atoms. The minimum Gasteiger partial charge on any atom is -0.481 e. The van der Waals surface area contributed by atoms with Gasteiger partial charge < -0.3 is 10.1 Å². The summed E-state index contributed by atoms with van der Waals surface area (Å²) < 4.78 is 31.2. The number of rotatable bonds is 4. The lowest BCUT2D eigenvalue weighted by Crippen LogP contribution is -2.33. The van der Waals surface area contributed by atoms with Crippen molar-refractivity contribution in [2.24, 2.45) is 0 Å². The van der Waals surface area contributed by atoms with Crippen LogP contribution in [0.1, 0.15) is 39.0 Å². The van der Waals surface area contributed by atoms with Crippen molar-refractivity contribution in [3.05, 3.63) is 41.6 Å². The summed E-state index contributed by atoms with van der Waals surface area (Å²) in [5, 5.41) is 7.26. The summed E-state index contributed by atoms with van der Waals surface area (Å²) in [5.41, 5.74) is 0.673. The molecule has 140 valence electrons. The van der Waals surface area contributed by atoms with Crippen LogP contribution in [0.4, 0.5) is 5.82 Å². The molecule has 0 radical (unpaired) electrons. The first-order valence-electron chi connectivity index (χ1n) is 8.41. The Hall–Kier alpha value is -2.35. The normalized spacial score (nSPS) is 16.8. The first kappa shape index (κ1) is 18.4. The van der Waals surface area contributed by atoms with Crippen molar-refractivity contribution in [3.8, 4) is 5.75 Å². The topological polar surface area (TPSA) is 90.3 Å². The second-order valence-electron chi connectivity index (χ2n) is 7.45. The molecular formula is C18H23N3O4S. The Bertz CT molecular complexity index is 927. The molecule has 1 N–H and O–H groups in total. The highest BCUT2D eigenvalue weighted by Gasteiger charge is 2.35. The van der Waals surface area contributed by atoms with Gasteiger partial charge in [-0.1, -0.05) is 18.2 Å². The molecule has 7 nitrogen and oxygen atoms in total. The fraction of sp³-hybridized carbons (Fsp3) is 0.444. The number of nitrogens with zero attached hydrogens (tertiary/aromatic N) is 2. The van der Waals surface area contributed by atoms with Gasteiger partial charge in [0.1, 0.15) is 11.6 Å². The van der Waals surface area contributed by atoms with Crippen molar-refractivity contribution in [1.82, 2.24) is 9.78 Å². The lowest BCUT2D eigenvalue weighted by atomic mass is 10.1. The van der Waals surface area contributed by atoms with E-state index >= 15 is 0 Å². The number of para-hydroxylation sites is 1. The second kappa shape index (κ2) is 6.42. The molecule has 0 saturated carbocycles. The van der Waals surface area contributed by atoms with Crippen molar-refractivity contribution < 1.29 is 17.9 Å². The molecule has 26 heavy (non-hydrogen) atoms. The van der Waals surface area contributed by atoms with Crippen LogP contribution >= 0.6 is 0 Å². The third kappa shape index (κ3) is 3.75.